The van der Waals surface area contributed by atoms with Gasteiger partial charge in [0.25, 0.3) is 5.91 Å². The van der Waals surface area contributed by atoms with Gasteiger partial charge in [-0.25, -0.2) is 0 Å². The van der Waals surface area contributed by atoms with Crippen LogP contribution >= 0.6 is 0 Å². The number of halogens is 5. The van der Waals surface area contributed by atoms with E-state index < -0.39 is 30.0 Å². The molecule has 0 radical (unpaired) electrons. The molecule has 2 heterocycles. The molecule has 42 heavy (non-hydrogen) atoms. The van der Waals surface area contributed by atoms with Crippen molar-refractivity contribution in [3.05, 3.63) is 95.1 Å². The Morgan fingerprint density at radius 2 is 1.40 bits per heavy atom. The van der Waals surface area contributed by atoms with E-state index in [-0.39, 0.29) is 18.4 Å². The number of fused-ring (bicyclic) bond motifs is 4. The summed E-state index contributed by atoms with van der Waals surface area (Å²) in [7, 11) is 0. The zero-order valence-corrected chi connectivity index (χ0v) is 22.8. The van der Waals surface area contributed by atoms with Crippen molar-refractivity contribution in [1.82, 2.24) is 15.1 Å². The van der Waals surface area contributed by atoms with E-state index in [9.17, 15) is 31.5 Å². The molecule has 1 N–H and O–H groups in total. The van der Waals surface area contributed by atoms with Gasteiger partial charge < -0.3 is 10.2 Å². The number of carbonyl (C=O) groups is 2. The minimum absolute atomic E-state index is 0.0536. The molecule has 6 rings (SSSR count). The van der Waals surface area contributed by atoms with E-state index in [4.69, 9.17) is 0 Å². The van der Waals surface area contributed by atoms with E-state index in [2.05, 4.69) is 4.90 Å². The van der Waals surface area contributed by atoms with Crippen LogP contribution in [-0.4, -0.2) is 65.9 Å². The van der Waals surface area contributed by atoms with E-state index in [1.165, 1.54) is 0 Å². The lowest BCUT2D eigenvalue weighted by atomic mass is 9.73. The number of carbonyl (C=O) groups excluding carboxylic acids is 2. The molecule has 3 aromatic carbocycles. The minimum Gasteiger partial charge on any atom is -0.349 e. The Hall–Kier alpha value is -3.79. The van der Waals surface area contributed by atoms with E-state index in [0.717, 1.165) is 41.9 Å². The molecule has 0 bridgehead atoms. The van der Waals surface area contributed by atoms with Crippen LogP contribution in [-0.2, 0) is 16.8 Å². The lowest BCUT2D eigenvalue weighted by molar-refractivity contribution is -0.278. The highest BCUT2D eigenvalue weighted by atomic mass is 19.4. The van der Waals surface area contributed by atoms with Gasteiger partial charge in [0.2, 0.25) is 5.91 Å². The number of amides is 2. The second kappa shape index (κ2) is 10.5. The highest BCUT2D eigenvalue weighted by Crippen LogP contribution is 2.51. The third kappa shape index (κ3) is 4.65. The molecule has 0 atom stereocenters. The minimum atomic E-state index is -5.77. The fraction of sp³-hybridized carbons (Fsp3) is 0.375. The van der Waals surface area contributed by atoms with Crippen LogP contribution in [0.25, 0.3) is 11.1 Å². The van der Waals surface area contributed by atoms with Crippen LogP contribution in [0.2, 0.25) is 0 Å². The maximum absolute atomic E-state index is 13.8. The van der Waals surface area contributed by atoms with Crippen molar-refractivity contribution in [3.8, 4) is 11.1 Å². The Kier molecular flexibility index (Phi) is 7.07. The molecule has 2 amide bonds. The van der Waals surface area contributed by atoms with Crippen LogP contribution in [0.5, 0.6) is 0 Å². The highest BCUT2D eigenvalue weighted by molar-refractivity contribution is 6.00. The van der Waals surface area contributed by atoms with Crippen molar-refractivity contribution >= 4 is 11.8 Å². The summed E-state index contributed by atoms with van der Waals surface area (Å²) in [6, 6.07) is 22.0. The second-order valence-corrected chi connectivity index (χ2v) is 11.3. The van der Waals surface area contributed by atoms with Crippen molar-refractivity contribution in [2.45, 2.75) is 49.4 Å². The lowest BCUT2D eigenvalue weighted by Crippen LogP contribution is -2.59. The molecule has 10 heteroatoms. The van der Waals surface area contributed by atoms with Crippen molar-refractivity contribution in [2.24, 2.45) is 0 Å². The number of nitrogens with zero attached hydrogens (tertiary/aromatic N) is 2. The number of alkyl halides is 5. The second-order valence-electron chi connectivity index (χ2n) is 11.3. The number of likely N-dealkylation sites (tertiary alicyclic amines) is 1. The zero-order valence-electron chi connectivity index (χ0n) is 22.8. The molecule has 3 aliphatic rings. The summed E-state index contributed by atoms with van der Waals surface area (Å²) in [6.45, 7) is 0.985. The SMILES string of the molecule is O=C1c2ccccc2CN1C1CN(CCCCC2(C(=O)NCC(F)(F)C(F)(F)F)c3ccccc3-c3ccccc32)C1. The fourth-order valence-electron chi connectivity index (χ4n) is 6.61. The Morgan fingerprint density at radius 1 is 0.833 bits per heavy atom. The van der Waals surface area contributed by atoms with E-state index >= 15 is 0 Å². The Labute approximate surface area is 240 Å². The summed E-state index contributed by atoms with van der Waals surface area (Å²) >= 11 is 0. The maximum Gasteiger partial charge on any atom is 0.455 e. The summed E-state index contributed by atoms with van der Waals surface area (Å²) in [6.07, 6.45) is -4.28. The molecule has 0 unspecified atom stereocenters. The van der Waals surface area contributed by atoms with Gasteiger partial charge >= 0.3 is 12.1 Å². The molecular formula is C32H30F5N3O2. The van der Waals surface area contributed by atoms with Gasteiger partial charge in [-0.2, -0.15) is 22.0 Å². The first kappa shape index (κ1) is 28.3. The molecule has 220 valence electrons. The lowest BCUT2D eigenvalue weighted by Gasteiger charge is -2.44. The predicted octanol–water partition coefficient (Wildman–Crippen LogP) is 5.78. The van der Waals surface area contributed by atoms with E-state index in [1.807, 2.05) is 58.7 Å². The molecule has 1 saturated heterocycles. The van der Waals surface area contributed by atoms with Crippen molar-refractivity contribution < 1.29 is 31.5 Å². The molecule has 3 aromatic rings. The summed E-state index contributed by atoms with van der Waals surface area (Å²) in [5.41, 5.74) is 3.16. The summed E-state index contributed by atoms with van der Waals surface area (Å²) in [4.78, 5) is 30.6. The quantitative estimate of drug-likeness (QED) is 0.257. The number of nitrogens with one attached hydrogen (secondary N) is 1. The average Bonchev–Trinajstić information content (AvgIpc) is 3.43. The van der Waals surface area contributed by atoms with Gasteiger partial charge in [0.1, 0.15) is 5.41 Å². The predicted molar refractivity (Wildman–Crippen MR) is 147 cm³/mol. The van der Waals surface area contributed by atoms with Crippen LogP contribution < -0.4 is 5.32 Å². The number of hydrogen-bond donors (Lipinski definition) is 1. The smallest absolute Gasteiger partial charge is 0.349 e. The number of unbranched alkanes of at least 4 members (excludes halogenated alkanes) is 1. The van der Waals surface area contributed by atoms with Crippen LogP contribution in [0.1, 0.15) is 46.3 Å². The van der Waals surface area contributed by atoms with Gasteiger partial charge in [-0.3, -0.25) is 14.5 Å². The first-order valence-corrected chi connectivity index (χ1v) is 14.1. The Bertz CT molecular complexity index is 1470. The molecule has 5 nitrogen and oxygen atoms in total. The highest BCUT2D eigenvalue weighted by Gasteiger charge is 2.58. The molecule has 0 saturated carbocycles. The van der Waals surface area contributed by atoms with Crippen molar-refractivity contribution in [2.75, 3.05) is 26.2 Å². The standard InChI is InChI=1S/C32H30F5N3O2/c33-31(34,32(35,36)37)20-38-29(42)30(26-13-5-3-11-24(26)25-12-4-6-14-27(25)30)15-7-8-16-39-18-22(19-39)40-17-21-9-1-2-10-23(21)28(40)41/h1-6,9-14,22H,7-8,15-20H2,(H,38,42). The summed E-state index contributed by atoms with van der Waals surface area (Å²) in [5, 5.41) is 1.96. The third-order valence-electron chi connectivity index (χ3n) is 8.84. The molecule has 1 fully saturated rings. The van der Waals surface area contributed by atoms with Gasteiger partial charge in [-0.15, -0.1) is 0 Å². The van der Waals surface area contributed by atoms with Crippen LogP contribution in [0.3, 0.4) is 0 Å². The molecule has 1 aliphatic carbocycles. The maximum atomic E-state index is 13.8. The topological polar surface area (TPSA) is 52.7 Å². The van der Waals surface area contributed by atoms with Crippen LogP contribution in [0.15, 0.2) is 72.8 Å². The fourth-order valence-corrected chi connectivity index (χ4v) is 6.61. The zero-order chi connectivity index (χ0) is 29.7. The van der Waals surface area contributed by atoms with Gasteiger partial charge in [0, 0.05) is 25.2 Å². The Morgan fingerprint density at radius 3 is 2.00 bits per heavy atom. The number of rotatable bonds is 9. The van der Waals surface area contributed by atoms with Gasteiger partial charge in [-0.1, -0.05) is 73.2 Å². The monoisotopic (exact) mass is 583 g/mol. The number of hydrogen-bond acceptors (Lipinski definition) is 3. The summed E-state index contributed by atoms with van der Waals surface area (Å²) in [5.74, 6) is -5.86. The number of benzene rings is 3. The summed E-state index contributed by atoms with van der Waals surface area (Å²) < 4.78 is 66.3. The van der Waals surface area contributed by atoms with Crippen molar-refractivity contribution in [1.29, 1.82) is 0 Å². The molecule has 0 spiro atoms. The van der Waals surface area contributed by atoms with E-state index in [0.29, 0.717) is 30.5 Å². The van der Waals surface area contributed by atoms with Crippen LogP contribution in [0.4, 0.5) is 22.0 Å². The molecule has 0 aromatic heterocycles. The van der Waals surface area contributed by atoms with Crippen molar-refractivity contribution in [3.63, 3.8) is 0 Å². The van der Waals surface area contributed by atoms with Gasteiger partial charge in [0.05, 0.1) is 12.6 Å². The first-order valence-electron chi connectivity index (χ1n) is 14.1. The van der Waals surface area contributed by atoms with Crippen LogP contribution in [0, 0.1) is 0 Å². The van der Waals surface area contributed by atoms with Gasteiger partial charge in [0.15, 0.2) is 0 Å². The molecule has 2 aliphatic heterocycles. The van der Waals surface area contributed by atoms with E-state index in [1.54, 1.807) is 24.3 Å². The normalized spacial score (nSPS) is 17.9. The average molecular weight is 584 g/mol. The molecular weight excluding hydrogens is 553 g/mol. The van der Waals surface area contributed by atoms with Gasteiger partial charge in [-0.05, 0) is 53.3 Å². The third-order valence-corrected chi connectivity index (χ3v) is 8.84. The largest absolute Gasteiger partial charge is 0.455 e. The first-order chi connectivity index (χ1) is 20.0. The Balaban J connectivity index is 1.13.